The minimum Gasteiger partial charge on any atom is -0.469 e. The van der Waals surface area contributed by atoms with Gasteiger partial charge in [-0.15, -0.1) is 0 Å². The van der Waals surface area contributed by atoms with Gasteiger partial charge >= 0.3 is 11.6 Å². The number of benzene rings is 2. The van der Waals surface area contributed by atoms with Crippen LogP contribution in [0.5, 0.6) is 0 Å². The Bertz CT molecular complexity index is 1590. The summed E-state index contributed by atoms with van der Waals surface area (Å²) in [7, 11) is 1.21. The quantitative estimate of drug-likeness (QED) is 0.0885. The van der Waals surface area contributed by atoms with E-state index in [1.165, 1.54) is 20.1 Å². The number of amides is 4. The number of hydrogen-bond acceptors (Lipinski definition) is 9. The summed E-state index contributed by atoms with van der Waals surface area (Å²) in [5.41, 5.74) is 7.32. The SMILES string of the molecule is COC(=O)CCC(=O)N[C@@H](C)C(=O)N[C@@H](Cc1ccccc1)C(=O)N[C@@H](CCCCN)C(=O)Nc1ccc2c(C)cc(=O)oc2c1. The largest absolute Gasteiger partial charge is 0.469 e. The molecular weight excluding hydrogens is 594 g/mol. The van der Waals surface area contributed by atoms with Crippen molar-refractivity contribution in [2.45, 2.75) is 70.5 Å². The van der Waals surface area contributed by atoms with Crippen LogP contribution in [0.3, 0.4) is 0 Å². The summed E-state index contributed by atoms with van der Waals surface area (Å²) in [4.78, 5) is 75.7. The summed E-state index contributed by atoms with van der Waals surface area (Å²) in [5.74, 6) is -2.82. The molecule has 3 rings (SSSR count). The third kappa shape index (κ3) is 10.8. The van der Waals surface area contributed by atoms with Crippen molar-refractivity contribution in [3.63, 3.8) is 0 Å². The van der Waals surface area contributed by atoms with Gasteiger partial charge in [0.1, 0.15) is 23.7 Å². The van der Waals surface area contributed by atoms with Crippen molar-refractivity contribution >= 4 is 46.3 Å². The molecule has 6 N–H and O–H groups in total. The molecule has 1 aromatic heterocycles. The van der Waals surface area contributed by atoms with E-state index in [0.29, 0.717) is 30.7 Å². The molecule has 0 radical (unpaired) electrons. The number of aryl methyl sites for hydroxylation is 1. The third-order valence-electron chi connectivity index (χ3n) is 7.27. The number of esters is 1. The lowest BCUT2D eigenvalue weighted by Crippen LogP contribution is -2.56. The Morgan fingerprint density at radius 1 is 0.870 bits per heavy atom. The van der Waals surface area contributed by atoms with E-state index in [4.69, 9.17) is 10.2 Å². The Morgan fingerprint density at radius 2 is 1.59 bits per heavy atom. The van der Waals surface area contributed by atoms with E-state index in [2.05, 4.69) is 26.0 Å². The number of rotatable bonds is 16. The number of nitrogens with one attached hydrogen (secondary N) is 4. The number of unbranched alkanes of at least 4 members (excludes halogenated alkanes) is 1. The lowest BCUT2D eigenvalue weighted by molar-refractivity contribution is -0.142. The fourth-order valence-corrected chi connectivity index (χ4v) is 4.72. The van der Waals surface area contributed by atoms with Gasteiger partial charge in [0.15, 0.2) is 0 Å². The smallest absolute Gasteiger partial charge is 0.336 e. The van der Waals surface area contributed by atoms with Gasteiger partial charge in [-0.25, -0.2) is 4.79 Å². The number of methoxy groups -OCH3 is 1. The highest BCUT2D eigenvalue weighted by Crippen LogP contribution is 2.21. The molecule has 0 bridgehead atoms. The fourth-order valence-electron chi connectivity index (χ4n) is 4.72. The minimum atomic E-state index is -1.09. The van der Waals surface area contributed by atoms with Crippen molar-refractivity contribution in [1.82, 2.24) is 16.0 Å². The van der Waals surface area contributed by atoms with E-state index >= 15 is 0 Å². The molecule has 0 saturated carbocycles. The van der Waals surface area contributed by atoms with Crippen LogP contribution in [0.4, 0.5) is 5.69 Å². The van der Waals surface area contributed by atoms with Crippen LogP contribution in [0.2, 0.25) is 0 Å². The molecule has 0 unspecified atom stereocenters. The highest BCUT2D eigenvalue weighted by atomic mass is 16.5. The zero-order valence-corrected chi connectivity index (χ0v) is 26.2. The summed E-state index contributed by atoms with van der Waals surface area (Å²) in [6.07, 6.45) is 1.25. The van der Waals surface area contributed by atoms with Gasteiger partial charge in [-0.2, -0.15) is 0 Å². The second-order valence-electron chi connectivity index (χ2n) is 10.9. The number of ether oxygens (including phenoxy) is 1. The maximum atomic E-state index is 13.7. The van der Waals surface area contributed by atoms with Crippen LogP contribution in [-0.4, -0.2) is 61.4 Å². The standard InChI is InChI=1S/C33H41N5O8/c1-20-17-30(41)46-27-19-23(12-13-24(20)27)36-32(43)25(11-7-8-16-34)37-33(44)26(18-22-9-5-4-6-10-22)38-31(42)21(2)35-28(39)14-15-29(40)45-3/h4-6,9-10,12-13,17,19,21,25-26H,7-8,11,14-16,18,34H2,1-3H3,(H,35,39)(H,36,43)(H,37,44)(H,38,42)/t21-,25-,26-/m0/s1. The molecule has 46 heavy (non-hydrogen) atoms. The monoisotopic (exact) mass is 635 g/mol. The summed E-state index contributed by atoms with van der Waals surface area (Å²) in [6.45, 7) is 3.64. The van der Waals surface area contributed by atoms with Crippen molar-refractivity contribution in [2.75, 3.05) is 19.0 Å². The minimum absolute atomic E-state index is 0.113. The molecule has 13 nitrogen and oxygen atoms in total. The molecule has 0 aliphatic heterocycles. The van der Waals surface area contributed by atoms with Crippen molar-refractivity contribution in [1.29, 1.82) is 0 Å². The van der Waals surface area contributed by atoms with Crippen LogP contribution in [0.1, 0.15) is 50.2 Å². The number of nitrogens with two attached hydrogens (primary N) is 1. The molecule has 0 spiro atoms. The lowest BCUT2D eigenvalue weighted by atomic mass is 10.0. The summed E-state index contributed by atoms with van der Waals surface area (Å²) in [5, 5.41) is 11.5. The highest BCUT2D eigenvalue weighted by molar-refractivity contribution is 6.00. The number of carbonyl (C=O) groups is 5. The molecular formula is C33H41N5O8. The molecule has 3 atom stereocenters. The molecule has 2 aromatic carbocycles. The molecule has 0 aliphatic rings. The molecule has 0 aliphatic carbocycles. The van der Waals surface area contributed by atoms with E-state index in [1.54, 1.807) is 49.4 Å². The molecule has 246 valence electrons. The first-order valence-corrected chi connectivity index (χ1v) is 15.1. The number of carbonyl (C=O) groups excluding carboxylic acids is 5. The van der Waals surface area contributed by atoms with Crippen LogP contribution in [0, 0.1) is 6.92 Å². The topological polar surface area (TPSA) is 199 Å². The Balaban J connectivity index is 1.76. The van der Waals surface area contributed by atoms with Gasteiger partial charge < -0.3 is 36.2 Å². The van der Waals surface area contributed by atoms with Crippen molar-refractivity contribution in [3.8, 4) is 0 Å². The van der Waals surface area contributed by atoms with Crippen LogP contribution in [0.25, 0.3) is 11.0 Å². The molecule has 13 heteroatoms. The van der Waals surface area contributed by atoms with E-state index in [1.807, 2.05) is 6.07 Å². The van der Waals surface area contributed by atoms with Crippen LogP contribution in [-0.2, 0) is 35.1 Å². The number of anilines is 1. The van der Waals surface area contributed by atoms with E-state index in [0.717, 1.165) is 16.5 Å². The second-order valence-corrected chi connectivity index (χ2v) is 10.9. The molecule has 0 fully saturated rings. The average molecular weight is 636 g/mol. The molecule has 3 aromatic rings. The van der Waals surface area contributed by atoms with Crippen LogP contribution in [0.15, 0.2) is 63.8 Å². The predicted molar refractivity (Wildman–Crippen MR) is 172 cm³/mol. The maximum absolute atomic E-state index is 13.7. The second kappa shape index (κ2) is 17.4. The van der Waals surface area contributed by atoms with Gasteiger partial charge in [0.25, 0.3) is 0 Å². The van der Waals surface area contributed by atoms with Gasteiger partial charge in [-0.05, 0) is 62.9 Å². The number of hydrogen-bond donors (Lipinski definition) is 5. The Hall–Kier alpha value is -5.04. The normalized spacial score (nSPS) is 12.8. The highest BCUT2D eigenvalue weighted by Gasteiger charge is 2.29. The van der Waals surface area contributed by atoms with Crippen molar-refractivity contribution in [3.05, 3.63) is 76.1 Å². The Morgan fingerprint density at radius 3 is 2.28 bits per heavy atom. The zero-order valence-electron chi connectivity index (χ0n) is 26.2. The van der Waals surface area contributed by atoms with Crippen molar-refractivity contribution < 1.29 is 33.1 Å². The van der Waals surface area contributed by atoms with Crippen LogP contribution < -0.4 is 32.6 Å². The van der Waals surface area contributed by atoms with E-state index < -0.39 is 53.3 Å². The van der Waals surface area contributed by atoms with Gasteiger partial charge in [0.2, 0.25) is 23.6 Å². The molecule has 4 amide bonds. The van der Waals surface area contributed by atoms with Gasteiger partial charge in [0, 0.05) is 36.0 Å². The van der Waals surface area contributed by atoms with Gasteiger partial charge in [-0.1, -0.05) is 30.3 Å². The fraction of sp³-hybridized carbons (Fsp3) is 0.394. The average Bonchev–Trinajstić information content (AvgIpc) is 3.02. The Labute approximate surface area is 266 Å². The predicted octanol–water partition coefficient (Wildman–Crippen LogP) is 1.84. The zero-order chi connectivity index (χ0) is 33.6. The lowest BCUT2D eigenvalue weighted by Gasteiger charge is -2.25. The first kappa shape index (κ1) is 35.4. The van der Waals surface area contributed by atoms with E-state index in [9.17, 15) is 28.8 Å². The third-order valence-corrected chi connectivity index (χ3v) is 7.27. The number of fused-ring (bicyclic) bond motifs is 1. The van der Waals surface area contributed by atoms with Crippen LogP contribution >= 0.6 is 0 Å². The molecule has 1 heterocycles. The summed E-state index contributed by atoms with van der Waals surface area (Å²) >= 11 is 0. The van der Waals surface area contributed by atoms with Gasteiger partial charge in [0.05, 0.1) is 13.5 Å². The van der Waals surface area contributed by atoms with Crippen molar-refractivity contribution in [2.24, 2.45) is 5.73 Å². The first-order valence-electron chi connectivity index (χ1n) is 15.1. The molecule has 0 saturated heterocycles. The van der Waals surface area contributed by atoms with Gasteiger partial charge in [-0.3, -0.25) is 24.0 Å². The summed E-state index contributed by atoms with van der Waals surface area (Å²) in [6, 6.07) is 12.3. The Kier molecular flexibility index (Phi) is 13.4. The first-order chi connectivity index (χ1) is 22.0. The van der Waals surface area contributed by atoms with E-state index in [-0.39, 0.29) is 25.7 Å². The maximum Gasteiger partial charge on any atom is 0.336 e. The summed E-state index contributed by atoms with van der Waals surface area (Å²) < 4.78 is 9.82.